The van der Waals surface area contributed by atoms with Gasteiger partial charge in [-0.15, -0.1) is 0 Å². The second-order valence-electron chi connectivity index (χ2n) is 3.48. The first-order valence-corrected chi connectivity index (χ1v) is 5.51. The van der Waals surface area contributed by atoms with Crippen molar-refractivity contribution in [2.45, 2.75) is 18.9 Å². The Balaban J connectivity index is 2.11. The lowest BCUT2D eigenvalue weighted by Gasteiger charge is -2.29. The van der Waals surface area contributed by atoms with Crippen molar-refractivity contribution in [3.05, 3.63) is 16.3 Å². The number of β-amino-alcohol motifs (C(OH)–C–C–N with tert-alkyl or cyclic N) is 1. The van der Waals surface area contributed by atoms with E-state index in [1.165, 1.54) is 6.20 Å². The molecule has 1 aliphatic heterocycles. The molecule has 0 bridgehead atoms. The van der Waals surface area contributed by atoms with Gasteiger partial charge in [0, 0.05) is 13.1 Å². The predicted molar refractivity (Wildman–Crippen MR) is 56.2 cm³/mol. The van der Waals surface area contributed by atoms with Crippen LogP contribution in [-0.4, -0.2) is 34.2 Å². The highest BCUT2D eigenvalue weighted by atomic mass is 32.1. The molecule has 1 fully saturated rings. The highest BCUT2D eigenvalue weighted by molar-refractivity contribution is 7.18. The number of aliphatic hydroxyl groups excluding tert-OH is 1. The van der Waals surface area contributed by atoms with Gasteiger partial charge in [0.2, 0.25) is 0 Å². The maximum atomic E-state index is 10.5. The number of piperidine rings is 1. The molecule has 1 N–H and O–H groups in total. The van der Waals surface area contributed by atoms with Gasteiger partial charge < -0.3 is 10.0 Å². The summed E-state index contributed by atoms with van der Waals surface area (Å²) in [7, 11) is 0. The first-order valence-electron chi connectivity index (χ1n) is 4.70. The molecule has 1 aliphatic rings. The van der Waals surface area contributed by atoms with Crippen LogP contribution in [0.3, 0.4) is 0 Å². The molecule has 1 saturated heterocycles. The first-order chi connectivity index (χ1) is 7.16. The van der Waals surface area contributed by atoms with Crippen LogP contribution in [0.1, 0.15) is 12.8 Å². The van der Waals surface area contributed by atoms with Gasteiger partial charge in [-0.25, -0.2) is 4.98 Å². The third kappa shape index (κ3) is 2.24. The van der Waals surface area contributed by atoms with Gasteiger partial charge in [0.05, 0.1) is 11.0 Å². The summed E-state index contributed by atoms with van der Waals surface area (Å²) in [5.41, 5.74) is 0. The number of hydrogen-bond donors (Lipinski definition) is 1. The molecule has 0 aromatic carbocycles. The van der Waals surface area contributed by atoms with E-state index in [0.717, 1.165) is 30.7 Å². The van der Waals surface area contributed by atoms with Gasteiger partial charge in [0.25, 0.3) is 0 Å². The van der Waals surface area contributed by atoms with Crippen molar-refractivity contribution in [2.75, 3.05) is 18.0 Å². The van der Waals surface area contributed by atoms with Crippen molar-refractivity contribution in [1.82, 2.24) is 4.98 Å². The molecule has 1 unspecified atom stereocenters. The van der Waals surface area contributed by atoms with E-state index in [4.69, 9.17) is 0 Å². The molecule has 0 amide bonds. The van der Waals surface area contributed by atoms with Gasteiger partial charge in [0.1, 0.15) is 6.20 Å². The molecule has 0 radical (unpaired) electrons. The molecule has 0 aliphatic carbocycles. The Morgan fingerprint density at radius 2 is 2.53 bits per heavy atom. The maximum Gasteiger partial charge on any atom is 0.345 e. The molecule has 15 heavy (non-hydrogen) atoms. The van der Waals surface area contributed by atoms with Crippen LogP contribution in [0.15, 0.2) is 6.20 Å². The number of anilines is 1. The van der Waals surface area contributed by atoms with E-state index in [1.807, 2.05) is 4.90 Å². The quantitative estimate of drug-likeness (QED) is 0.604. The number of aromatic nitrogens is 1. The minimum absolute atomic E-state index is 0.0464. The predicted octanol–water partition coefficient (Wildman–Crippen LogP) is 1.01. The normalized spacial score (nSPS) is 21.7. The molecule has 0 saturated carbocycles. The van der Waals surface area contributed by atoms with Crippen molar-refractivity contribution < 1.29 is 10.0 Å². The van der Waals surface area contributed by atoms with Crippen LogP contribution >= 0.6 is 11.3 Å². The molecule has 0 spiro atoms. The highest BCUT2D eigenvalue weighted by Gasteiger charge is 2.22. The number of aliphatic hydroxyl groups is 1. The second kappa shape index (κ2) is 4.11. The maximum absolute atomic E-state index is 10.5. The summed E-state index contributed by atoms with van der Waals surface area (Å²) in [4.78, 5) is 15.9. The zero-order valence-electron chi connectivity index (χ0n) is 8.00. The molecule has 2 heterocycles. The molecule has 2 rings (SSSR count). The monoisotopic (exact) mass is 229 g/mol. The van der Waals surface area contributed by atoms with E-state index >= 15 is 0 Å². The molecular formula is C8H11N3O3S. The molecule has 6 nitrogen and oxygen atoms in total. The molecule has 1 aromatic heterocycles. The Kier molecular flexibility index (Phi) is 2.83. The van der Waals surface area contributed by atoms with Gasteiger partial charge in [-0.3, -0.25) is 10.1 Å². The number of rotatable bonds is 2. The summed E-state index contributed by atoms with van der Waals surface area (Å²) in [5, 5.41) is 20.6. The summed E-state index contributed by atoms with van der Waals surface area (Å²) in [5.74, 6) is 0. The lowest BCUT2D eigenvalue weighted by Crippen LogP contribution is -2.38. The zero-order valence-corrected chi connectivity index (χ0v) is 8.81. The van der Waals surface area contributed by atoms with Crippen LogP contribution in [0.25, 0.3) is 0 Å². The van der Waals surface area contributed by atoms with Gasteiger partial charge in [-0.05, 0) is 24.2 Å². The number of nitrogens with zero attached hydrogens (tertiary/aromatic N) is 3. The molecule has 1 atom stereocenters. The van der Waals surface area contributed by atoms with Crippen LogP contribution in [0.5, 0.6) is 0 Å². The summed E-state index contributed by atoms with van der Waals surface area (Å²) in [6.07, 6.45) is 2.61. The Hall–Kier alpha value is -1.21. The van der Waals surface area contributed by atoms with Crippen LogP contribution in [-0.2, 0) is 0 Å². The van der Waals surface area contributed by atoms with Crippen LogP contribution in [0, 0.1) is 10.1 Å². The van der Waals surface area contributed by atoms with Gasteiger partial charge >= 0.3 is 5.00 Å². The Morgan fingerprint density at radius 1 is 1.73 bits per heavy atom. The molecule has 1 aromatic rings. The van der Waals surface area contributed by atoms with Crippen molar-refractivity contribution in [2.24, 2.45) is 0 Å². The topological polar surface area (TPSA) is 79.5 Å². The summed E-state index contributed by atoms with van der Waals surface area (Å²) in [6, 6.07) is 0. The fraction of sp³-hybridized carbons (Fsp3) is 0.625. The smallest absolute Gasteiger partial charge is 0.345 e. The number of thiazole rings is 1. The number of nitro groups is 1. The standard InChI is InChI=1S/C8H11N3O3S/c12-6-2-1-3-10(5-6)8-9-4-7(15-8)11(13)14/h4,6,12H,1-3,5H2. The van der Waals surface area contributed by atoms with Crippen LogP contribution in [0.4, 0.5) is 10.1 Å². The third-order valence-corrected chi connectivity index (χ3v) is 3.34. The Bertz CT molecular complexity index is 368. The van der Waals surface area contributed by atoms with E-state index in [-0.39, 0.29) is 11.1 Å². The second-order valence-corrected chi connectivity index (χ2v) is 4.47. The van der Waals surface area contributed by atoms with Crippen molar-refractivity contribution in [3.63, 3.8) is 0 Å². The van der Waals surface area contributed by atoms with Crippen LogP contribution < -0.4 is 4.90 Å². The van der Waals surface area contributed by atoms with E-state index in [1.54, 1.807) is 0 Å². The molecule has 7 heteroatoms. The zero-order chi connectivity index (χ0) is 10.8. The van der Waals surface area contributed by atoms with E-state index < -0.39 is 4.92 Å². The minimum atomic E-state index is -0.443. The fourth-order valence-electron chi connectivity index (χ4n) is 1.62. The molecular weight excluding hydrogens is 218 g/mol. The van der Waals surface area contributed by atoms with Gasteiger partial charge in [-0.2, -0.15) is 0 Å². The highest BCUT2D eigenvalue weighted by Crippen LogP contribution is 2.29. The van der Waals surface area contributed by atoms with E-state index in [9.17, 15) is 15.2 Å². The Labute approximate surface area is 90.3 Å². The summed E-state index contributed by atoms with van der Waals surface area (Å²) < 4.78 is 0. The molecule has 82 valence electrons. The van der Waals surface area contributed by atoms with Crippen molar-refractivity contribution >= 4 is 21.5 Å². The fourth-order valence-corrected chi connectivity index (χ4v) is 2.38. The lowest BCUT2D eigenvalue weighted by molar-refractivity contribution is -0.380. The summed E-state index contributed by atoms with van der Waals surface area (Å²) in [6.45, 7) is 1.33. The Morgan fingerprint density at radius 3 is 3.13 bits per heavy atom. The SMILES string of the molecule is O=[N+]([O-])c1cnc(N2CCCC(O)C2)s1. The van der Waals surface area contributed by atoms with Crippen molar-refractivity contribution in [1.29, 1.82) is 0 Å². The van der Waals surface area contributed by atoms with Gasteiger partial charge in [0.15, 0.2) is 5.13 Å². The minimum Gasteiger partial charge on any atom is -0.391 e. The van der Waals surface area contributed by atoms with Gasteiger partial charge in [-0.1, -0.05) is 0 Å². The van der Waals surface area contributed by atoms with E-state index in [0.29, 0.717) is 11.7 Å². The number of hydrogen-bond acceptors (Lipinski definition) is 6. The largest absolute Gasteiger partial charge is 0.391 e. The van der Waals surface area contributed by atoms with Crippen molar-refractivity contribution in [3.8, 4) is 0 Å². The summed E-state index contributed by atoms with van der Waals surface area (Å²) >= 11 is 1.05. The average Bonchev–Trinajstić information content (AvgIpc) is 2.66. The lowest BCUT2D eigenvalue weighted by atomic mass is 10.1. The first kappa shape index (κ1) is 10.3. The van der Waals surface area contributed by atoms with E-state index in [2.05, 4.69) is 4.98 Å². The third-order valence-electron chi connectivity index (χ3n) is 2.33. The average molecular weight is 229 g/mol. The van der Waals surface area contributed by atoms with Crippen LogP contribution in [0.2, 0.25) is 0 Å².